The Morgan fingerprint density at radius 1 is 1.19 bits per heavy atom. The molecule has 2 rings (SSSR count). The van der Waals surface area contributed by atoms with Crippen molar-refractivity contribution in [2.24, 2.45) is 11.7 Å². The standard InChI is InChI=1S/C14H21NS/c15-10-13-7-4-8-14(9-13)16-11-12-5-2-1-3-6-12/h4,7-9,12H,1-3,5-6,10-11,15H2. The van der Waals surface area contributed by atoms with Crippen LogP contribution in [-0.2, 0) is 6.54 Å². The maximum Gasteiger partial charge on any atom is 0.0178 e. The molecule has 0 unspecified atom stereocenters. The molecule has 0 aromatic heterocycles. The van der Waals surface area contributed by atoms with Gasteiger partial charge in [0.25, 0.3) is 0 Å². The Kier molecular flexibility index (Phi) is 4.73. The number of nitrogens with two attached hydrogens (primary N) is 1. The van der Waals surface area contributed by atoms with E-state index in [0.29, 0.717) is 6.54 Å². The topological polar surface area (TPSA) is 26.0 Å². The van der Waals surface area contributed by atoms with E-state index >= 15 is 0 Å². The molecule has 88 valence electrons. The zero-order valence-electron chi connectivity index (χ0n) is 9.82. The normalized spacial score (nSPS) is 17.6. The maximum atomic E-state index is 5.65. The number of hydrogen-bond donors (Lipinski definition) is 1. The summed E-state index contributed by atoms with van der Waals surface area (Å²) in [7, 11) is 0. The third kappa shape index (κ3) is 3.53. The van der Waals surface area contributed by atoms with Crippen LogP contribution in [0.3, 0.4) is 0 Å². The first-order valence-corrected chi connectivity index (χ1v) is 7.29. The fourth-order valence-electron chi connectivity index (χ4n) is 2.33. The van der Waals surface area contributed by atoms with E-state index in [1.54, 1.807) is 0 Å². The van der Waals surface area contributed by atoms with Gasteiger partial charge >= 0.3 is 0 Å². The van der Waals surface area contributed by atoms with Crippen LogP contribution in [0.5, 0.6) is 0 Å². The predicted octanol–water partition coefficient (Wildman–Crippen LogP) is 3.82. The SMILES string of the molecule is NCc1cccc(SCC2CCCCC2)c1. The summed E-state index contributed by atoms with van der Waals surface area (Å²) < 4.78 is 0. The lowest BCUT2D eigenvalue weighted by Gasteiger charge is -2.20. The number of thioether (sulfide) groups is 1. The van der Waals surface area contributed by atoms with Crippen LogP contribution < -0.4 is 5.73 Å². The molecule has 0 spiro atoms. The van der Waals surface area contributed by atoms with Crippen molar-refractivity contribution in [3.8, 4) is 0 Å². The second-order valence-electron chi connectivity index (χ2n) is 4.67. The van der Waals surface area contributed by atoms with E-state index in [-0.39, 0.29) is 0 Å². The van der Waals surface area contributed by atoms with Gasteiger partial charge in [0.1, 0.15) is 0 Å². The first kappa shape index (κ1) is 12.0. The molecule has 0 bridgehead atoms. The van der Waals surface area contributed by atoms with Gasteiger partial charge in [-0.15, -0.1) is 11.8 Å². The quantitative estimate of drug-likeness (QED) is 0.803. The van der Waals surface area contributed by atoms with Crippen LogP contribution in [0.15, 0.2) is 29.2 Å². The van der Waals surface area contributed by atoms with Crippen molar-refractivity contribution >= 4 is 11.8 Å². The fraction of sp³-hybridized carbons (Fsp3) is 0.571. The molecule has 0 amide bonds. The summed E-state index contributed by atoms with van der Waals surface area (Å²) in [5.74, 6) is 2.23. The first-order valence-electron chi connectivity index (χ1n) is 6.30. The van der Waals surface area contributed by atoms with Crippen LogP contribution in [0, 0.1) is 5.92 Å². The molecule has 2 N–H and O–H groups in total. The Morgan fingerprint density at radius 3 is 2.75 bits per heavy atom. The Hall–Kier alpha value is -0.470. The molecular formula is C14H21NS. The lowest BCUT2D eigenvalue weighted by molar-refractivity contribution is 0.391. The van der Waals surface area contributed by atoms with Gasteiger partial charge in [-0.3, -0.25) is 0 Å². The average molecular weight is 235 g/mol. The second-order valence-corrected chi connectivity index (χ2v) is 5.76. The molecule has 1 saturated carbocycles. The van der Waals surface area contributed by atoms with Gasteiger partial charge < -0.3 is 5.73 Å². The first-order chi connectivity index (χ1) is 7.88. The van der Waals surface area contributed by atoms with E-state index in [1.165, 1.54) is 48.3 Å². The van der Waals surface area contributed by atoms with Gasteiger partial charge in [0, 0.05) is 17.2 Å². The summed E-state index contributed by atoms with van der Waals surface area (Å²) in [5.41, 5.74) is 6.89. The van der Waals surface area contributed by atoms with Gasteiger partial charge in [-0.05, 0) is 36.5 Å². The van der Waals surface area contributed by atoms with Crippen LogP contribution in [0.4, 0.5) is 0 Å². The van der Waals surface area contributed by atoms with Crippen LogP contribution in [-0.4, -0.2) is 5.75 Å². The highest BCUT2D eigenvalue weighted by Gasteiger charge is 2.13. The molecule has 1 aromatic carbocycles. The molecule has 0 radical (unpaired) electrons. The third-order valence-corrected chi connectivity index (χ3v) is 4.57. The van der Waals surface area contributed by atoms with Gasteiger partial charge in [0.05, 0.1) is 0 Å². The van der Waals surface area contributed by atoms with E-state index < -0.39 is 0 Å². The van der Waals surface area contributed by atoms with Crippen molar-refractivity contribution in [2.45, 2.75) is 43.5 Å². The maximum absolute atomic E-state index is 5.65. The van der Waals surface area contributed by atoms with Crippen molar-refractivity contribution in [1.29, 1.82) is 0 Å². The Morgan fingerprint density at radius 2 is 2.00 bits per heavy atom. The summed E-state index contributed by atoms with van der Waals surface area (Å²) in [6.07, 6.45) is 7.19. The minimum absolute atomic E-state index is 0.651. The smallest absolute Gasteiger partial charge is 0.0178 e. The van der Waals surface area contributed by atoms with Crippen LogP contribution in [0.2, 0.25) is 0 Å². The summed E-state index contributed by atoms with van der Waals surface area (Å²) in [4.78, 5) is 1.38. The number of hydrogen-bond acceptors (Lipinski definition) is 2. The van der Waals surface area contributed by atoms with Crippen molar-refractivity contribution < 1.29 is 0 Å². The van der Waals surface area contributed by atoms with Gasteiger partial charge in [0.2, 0.25) is 0 Å². The van der Waals surface area contributed by atoms with E-state index in [0.717, 1.165) is 5.92 Å². The zero-order chi connectivity index (χ0) is 11.2. The van der Waals surface area contributed by atoms with Crippen LogP contribution in [0.1, 0.15) is 37.7 Å². The molecule has 0 saturated heterocycles. The van der Waals surface area contributed by atoms with E-state index in [4.69, 9.17) is 5.73 Å². The zero-order valence-corrected chi connectivity index (χ0v) is 10.6. The van der Waals surface area contributed by atoms with Gasteiger partial charge in [-0.2, -0.15) is 0 Å². The minimum atomic E-state index is 0.651. The van der Waals surface area contributed by atoms with Crippen LogP contribution >= 0.6 is 11.8 Å². The highest BCUT2D eigenvalue weighted by molar-refractivity contribution is 7.99. The summed E-state index contributed by atoms with van der Waals surface area (Å²) in [6.45, 7) is 0.651. The summed E-state index contributed by atoms with van der Waals surface area (Å²) >= 11 is 2.00. The highest BCUT2D eigenvalue weighted by Crippen LogP contribution is 2.30. The Balaban J connectivity index is 1.83. The van der Waals surface area contributed by atoms with E-state index in [2.05, 4.69) is 24.3 Å². The molecule has 16 heavy (non-hydrogen) atoms. The molecule has 1 aromatic rings. The average Bonchev–Trinajstić information content (AvgIpc) is 2.38. The van der Waals surface area contributed by atoms with E-state index in [1.807, 2.05) is 11.8 Å². The predicted molar refractivity (Wildman–Crippen MR) is 71.6 cm³/mol. The Labute approximate surface area is 103 Å². The van der Waals surface area contributed by atoms with Crippen LogP contribution in [0.25, 0.3) is 0 Å². The van der Waals surface area contributed by atoms with Gasteiger partial charge in [-0.1, -0.05) is 31.4 Å². The molecule has 1 aliphatic carbocycles. The Bertz CT molecular complexity index is 318. The fourth-order valence-corrected chi connectivity index (χ4v) is 3.50. The van der Waals surface area contributed by atoms with E-state index in [9.17, 15) is 0 Å². The molecule has 1 nitrogen and oxygen atoms in total. The highest BCUT2D eigenvalue weighted by atomic mass is 32.2. The summed E-state index contributed by atoms with van der Waals surface area (Å²) in [6, 6.07) is 8.65. The molecule has 0 aliphatic heterocycles. The lowest BCUT2D eigenvalue weighted by Crippen LogP contribution is -2.08. The molecule has 1 fully saturated rings. The molecule has 1 aliphatic rings. The lowest BCUT2D eigenvalue weighted by atomic mass is 9.91. The molecule has 2 heteroatoms. The molecule has 0 atom stereocenters. The van der Waals surface area contributed by atoms with Gasteiger partial charge in [-0.25, -0.2) is 0 Å². The van der Waals surface area contributed by atoms with Crippen molar-refractivity contribution in [1.82, 2.24) is 0 Å². The number of benzene rings is 1. The summed E-state index contributed by atoms with van der Waals surface area (Å²) in [5, 5.41) is 0. The molecular weight excluding hydrogens is 214 g/mol. The molecule has 0 heterocycles. The van der Waals surface area contributed by atoms with Crippen molar-refractivity contribution in [3.63, 3.8) is 0 Å². The minimum Gasteiger partial charge on any atom is -0.326 e. The number of rotatable bonds is 4. The van der Waals surface area contributed by atoms with Crippen molar-refractivity contribution in [2.75, 3.05) is 5.75 Å². The third-order valence-electron chi connectivity index (χ3n) is 3.34. The monoisotopic (exact) mass is 235 g/mol. The van der Waals surface area contributed by atoms with Crippen molar-refractivity contribution in [3.05, 3.63) is 29.8 Å². The largest absolute Gasteiger partial charge is 0.326 e. The second kappa shape index (κ2) is 6.31. The van der Waals surface area contributed by atoms with Gasteiger partial charge in [0.15, 0.2) is 0 Å².